The van der Waals surface area contributed by atoms with Crippen LogP contribution in [0.4, 0.5) is 0 Å². The first-order valence-corrected chi connectivity index (χ1v) is 42.7. The minimum absolute atomic E-state index is 0.199. The Morgan fingerprint density at radius 1 is 0.275 bits per heavy atom. The summed E-state index contributed by atoms with van der Waals surface area (Å²) in [5, 5.41) is 238. The van der Waals surface area contributed by atoms with E-state index in [9.17, 15) is 102 Å². The summed E-state index contributed by atoms with van der Waals surface area (Å²) in [4.78, 5) is 18.3. The quantitative estimate of drug-likeness (QED) is 0.0469. The standard InChI is InChI=1S/C89H101N7O35/c97-30-52-77-64(105)71(112)85(120-52)128-79-54(32-99)122-87(73(114)66(79)107)130-81-56(34-101)124-89(75(116)68(81)109)131-82-57(35-102)123-88(74(115)67(82)108)129-80-55(33-100)121-86(72(113)65(80)106)127-78-53(31-98)119-84(70(111)63(78)104)125-76-51(118-83(126-77)69(110)62(76)103)29-96-28-41(94-95-96)36-117-42-18-16-40(17-19-42)61-49-26-24-47(92-49)59(38-12-6-2-7-13-38)45-22-20-43(90-45)58(37-10-4-1-5-11-37)44-21-23-46(91-44)60(39-14-8-3-9-15-39)48-25-27-50(61)93-48/h1-28,51-57,62-90,93,97-116H,29-36H2/t51-,52-,53-,54-,55-,56-,57-,62-,63-,64-,65-,66-,67-,68-,69-,70-,71-,72-,73-,74-,75-,76-,77-,78-,79-,80-,81-,82-,83-,84-,85-,86-,87-,88-,89-/m1/s1. The first-order valence-electron chi connectivity index (χ1n) is 42.7. The molecule has 0 radical (unpaired) electrons. The van der Waals surface area contributed by atoms with E-state index in [2.05, 4.69) is 44.5 Å². The molecule has 21 saturated heterocycles. The molecule has 702 valence electrons. The van der Waals surface area contributed by atoms with Gasteiger partial charge < -0.3 is 183 Å². The maximum atomic E-state index is 12.3. The Balaban J connectivity index is 0.636. The molecule has 42 heteroatoms. The van der Waals surface area contributed by atoms with Gasteiger partial charge in [-0.15, -0.1) is 5.10 Å². The number of aromatic amines is 2. The fourth-order valence-corrected chi connectivity index (χ4v) is 18.2. The third kappa shape index (κ3) is 18.2. The van der Waals surface area contributed by atoms with Gasteiger partial charge in [-0.25, -0.2) is 14.6 Å². The van der Waals surface area contributed by atoms with Crippen LogP contribution in [0.1, 0.15) is 28.5 Å². The Labute approximate surface area is 743 Å². The third-order valence-electron chi connectivity index (χ3n) is 25.0. The van der Waals surface area contributed by atoms with E-state index >= 15 is 0 Å². The van der Waals surface area contributed by atoms with E-state index in [1.807, 2.05) is 127 Å². The number of benzene rings is 4. The summed E-state index contributed by atoms with van der Waals surface area (Å²) in [7, 11) is 0. The fraction of sp³-hybridized carbons (Fsp3) is 0.483. The monoisotopic (exact) mass is 1830 g/mol. The largest absolute Gasteiger partial charge is 0.487 e. The Bertz CT molecular complexity index is 5400. The predicted molar refractivity (Wildman–Crippen MR) is 446 cm³/mol. The van der Waals surface area contributed by atoms with E-state index in [-0.39, 0.29) is 12.3 Å². The fourth-order valence-electron chi connectivity index (χ4n) is 18.2. The molecule has 0 saturated carbocycles. The van der Waals surface area contributed by atoms with E-state index in [0.717, 1.165) is 78.0 Å². The minimum Gasteiger partial charge on any atom is -0.487 e. The van der Waals surface area contributed by atoms with Crippen molar-refractivity contribution in [2.45, 2.75) is 228 Å². The van der Waals surface area contributed by atoms with Gasteiger partial charge in [0, 0.05) is 44.3 Å². The first-order chi connectivity index (χ1) is 63.4. The van der Waals surface area contributed by atoms with Crippen LogP contribution in [0.25, 0.3) is 90.9 Å². The summed E-state index contributed by atoms with van der Waals surface area (Å²) < 4.78 is 90.7. The van der Waals surface area contributed by atoms with E-state index in [1.165, 1.54) is 10.9 Å². The molecule has 42 nitrogen and oxygen atoms in total. The highest BCUT2D eigenvalue weighted by molar-refractivity contribution is 6.00. The van der Waals surface area contributed by atoms with Crippen molar-refractivity contribution in [2.24, 2.45) is 0 Å². The minimum atomic E-state index is -2.28. The van der Waals surface area contributed by atoms with Crippen molar-refractivity contribution in [1.29, 1.82) is 0 Å². The number of hydrogen-bond acceptors (Lipinski definition) is 39. The maximum Gasteiger partial charge on any atom is 0.187 e. The smallest absolute Gasteiger partial charge is 0.187 e. The van der Waals surface area contributed by atoms with Gasteiger partial charge in [0.2, 0.25) is 0 Å². The average molecular weight is 1830 g/mol. The highest BCUT2D eigenvalue weighted by atomic mass is 16.8. The molecule has 22 bridgehead atoms. The molecule has 4 aromatic carbocycles. The second-order valence-corrected chi connectivity index (χ2v) is 33.3. The summed E-state index contributed by atoms with van der Waals surface area (Å²) in [6.45, 7) is -7.23. The summed E-state index contributed by atoms with van der Waals surface area (Å²) in [6.07, 6.45) is -62.6. The number of aliphatic hydroxyl groups excluding tert-OH is 20. The summed E-state index contributed by atoms with van der Waals surface area (Å²) in [5.41, 5.74) is 13.1. The molecule has 23 aliphatic rings. The number of hydrogen-bond donors (Lipinski definition) is 22. The predicted octanol–water partition coefficient (Wildman–Crippen LogP) is -3.72. The molecule has 31 rings (SSSR count). The van der Waals surface area contributed by atoms with Crippen LogP contribution in [0.5, 0.6) is 5.75 Å². The number of nitrogens with zero attached hydrogens (tertiary/aromatic N) is 5. The molecule has 27 heterocycles. The summed E-state index contributed by atoms with van der Waals surface area (Å²) >= 11 is 0. The molecule has 0 unspecified atom stereocenters. The second kappa shape index (κ2) is 39.5. The van der Waals surface area contributed by atoms with Gasteiger partial charge in [-0.05, 0) is 83.0 Å². The van der Waals surface area contributed by atoms with Gasteiger partial charge in [0.15, 0.2) is 44.0 Å². The number of rotatable bonds is 15. The van der Waals surface area contributed by atoms with Crippen molar-refractivity contribution in [3.8, 4) is 50.3 Å². The maximum absolute atomic E-state index is 12.3. The SMILES string of the molecule is OC[C@H]1O[C@@H]2O[C@H]3[C@H](O)[C@@H](O)[C@@H](O[C@H]4[C@H](O)[C@@H](O)[C@@H](O[C@H]5[C@H](O)[C@@H](O)[C@@H](O[C@H]6[C@H](O)[C@@H](O)[C@@H](O[C@H]7[C@H](O)[C@@H](O)[C@@H](O[C@H]8[C@H](O)[C@@H](O)[C@@H](O[C@H]1[C@H](O)[C@H]2O)O[C@@H]8CO)O[C@@H]7CO)O[C@@H]6CO)O[C@@H]5Cn1cc(COc2ccc(-c5c6nc(c(-c7ccccc7)c7ccc([nH]7)c(-c7ccccc7)c7nc(c(-c8ccccc8)c8ccc5[nH]8)C=C7)C=C6)cc2)nn1)O[C@@H]4CO)O[C@@H]3CO. The number of nitrogens with one attached hydrogen (secondary N) is 2. The zero-order valence-electron chi connectivity index (χ0n) is 69.3. The van der Waals surface area contributed by atoms with E-state index in [4.69, 9.17) is 81.0 Å². The molecule has 22 N–H and O–H groups in total. The zero-order chi connectivity index (χ0) is 91.5. The Hall–Kier alpha value is -8.94. The molecule has 23 aliphatic heterocycles. The van der Waals surface area contributed by atoms with Crippen LogP contribution >= 0.6 is 0 Å². The van der Waals surface area contributed by atoms with Crippen molar-refractivity contribution >= 4 is 46.4 Å². The summed E-state index contributed by atoms with van der Waals surface area (Å²) in [6, 6.07) is 45.6. The molecule has 0 spiro atoms. The molecule has 4 aromatic heterocycles. The third-order valence-corrected chi connectivity index (χ3v) is 25.0. The van der Waals surface area contributed by atoms with E-state index in [0.29, 0.717) is 17.1 Å². The van der Waals surface area contributed by atoms with Gasteiger partial charge in [0.05, 0.1) is 75.2 Å². The number of ether oxygens (including phenoxy) is 15. The molecule has 8 aromatic rings. The van der Waals surface area contributed by atoms with Crippen molar-refractivity contribution in [2.75, 3.05) is 39.6 Å². The second-order valence-electron chi connectivity index (χ2n) is 33.3. The van der Waals surface area contributed by atoms with E-state index in [1.54, 1.807) is 12.1 Å². The number of aromatic nitrogens is 7. The van der Waals surface area contributed by atoms with Crippen molar-refractivity contribution in [3.05, 3.63) is 174 Å². The normalized spacial score (nSPS) is 37.6. The highest BCUT2D eigenvalue weighted by Gasteiger charge is 2.60. The lowest BCUT2D eigenvalue weighted by Crippen LogP contribution is -2.68. The van der Waals surface area contributed by atoms with Crippen molar-refractivity contribution in [3.63, 3.8) is 0 Å². The van der Waals surface area contributed by atoms with E-state index < -0.39 is 261 Å². The molecule has 131 heavy (non-hydrogen) atoms. The van der Waals surface area contributed by atoms with Crippen LogP contribution in [-0.2, 0) is 79.5 Å². The number of aliphatic hydroxyl groups is 20. The van der Waals surface area contributed by atoms with Crippen molar-refractivity contribution in [1.82, 2.24) is 34.9 Å². The average Bonchev–Trinajstić information content (AvgIpc) is 1.73. The molecule has 35 atom stereocenters. The van der Waals surface area contributed by atoms with Crippen LogP contribution in [0.2, 0.25) is 0 Å². The number of fused-ring (bicyclic) bond motifs is 8. The lowest BCUT2D eigenvalue weighted by molar-refractivity contribution is -0.396. The van der Waals surface area contributed by atoms with Gasteiger partial charge in [0.25, 0.3) is 0 Å². The van der Waals surface area contributed by atoms with Gasteiger partial charge in [-0.2, -0.15) is 0 Å². The Morgan fingerprint density at radius 2 is 0.511 bits per heavy atom. The molecular weight excluding hydrogens is 1730 g/mol. The van der Waals surface area contributed by atoms with Crippen LogP contribution < -0.4 is 4.74 Å². The van der Waals surface area contributed by atoms with Gasteiger partial charge in [-0.1, -0.05) is 108 Å². The Kier molecular flexibility index (Phi) is 27.9. The van der Waals surface area contributed by atoms with Crippen molar-refractivity contribution < 1.29 is 173 Å². The molecular formula is C89H101N7O35. The topological polar surface area (TPSA) is 631 Å². The van der Waals surface area contributed by atoms with Crippen LogP contribution in [0, 0.1) is 0 Å². The molecule has 0 amide bonds. The Morgan fingerprint density at radius 3 is 0.763 bits per heavy atom. The number of H-pyrrole nitrogens is 2. The van der Waals surface area contributed by atoms with Gasteiger partial charge in [0.1, 0.15) is 189 Å². The highest BCUT2D eigenvalue weighted by Crippen LogP contribution is 2.44. The first kappa shape index (κ1) is 92.5. The van der Waals surface area contributed by atoms with Gasteiger partial charge in [-0.3, -0.25) is 0 Å². The lowest BCUT2D eigenvalue weighted by Gasteiger charge is -2.50. The summed E-state index contributed by atoms with van der Waals surface area (Å²) in [5.74, 6) is 0.377. The van der Waals surface area contributed by atoms with Crippen LogP contribution in [0.3, 0.4) is 0 Å². The zero-order valence-corrected chi connectivity index (χ0v) is 69.3. The van der Waals surface area contributed by atoms with Crippen LogP contribution in [-0.4, -0.2) is 392 Å². The van der Waals surface area contributed by atoms with Gasteiger partial charge >= 0.3 is 0 Å². The molecule has 21 fully saturated rings. The van der Waals surface area contributed by atoms with Crippen LogP contribution in [0.15, 0.2) is 146 Å². The molecule has 0 aliphatic carbocycles. The lowest BCUT2D eigenvalue weighted by atomic mass is 9.95.